The highest BCUT2D eigenvalue weighted by molar-refractivity contribution is 9.10. The van der Waals surface area contributed by atoms with Crippen LogP contribution in [0.1, 0.15) is 13.8 Å². The molecule has 5 heteroatoms. The first kappa shape index (κ1) is 11.8. The van der Waals surface area contributed by atoms with Gasteiger partial charge in [-0.2, -0.15) is 0 Å². The quantitative estimate of drug-likeness (QED) is 0.794. The highest BCUT2D eigenvalue weighted by Gasteiger charge is 2.23. The van der Waals surface area contributed by atoms with Crippen molar-refractivity contribution in [1.82, 2.24) is 4.98 Å². The molecule has 1 saturated heterocycles. The number of ether oxygens (including phenoxy) is 1. The summed E-state index contributed by atoms with van der Waals surface area (Å²) < 4.78 is 19.2. The predicted octanol–water partition coefficient (Wildman–Crippen LogP) is 2.60. The lowest BCUT2D eigenvalue weighted by Crippen LogP contribution is -2.45. The van der Waals surface area contributed by atoms with Gasteiger partial charge in [-0.25, -0.2) is 9.37 Å². The van der Waals surface area contributed by atoms with Crippen LogP contribution in [0.15, 0.2) is 16.7 Å². The zero-order valence-corrected chi connectivity index (χ0v) is 10.9. The lowest BCUT2D eigenvalue weighted by Gasteiger charge is -2.36. The molecule has 16 heavy (non-hydrogen) atoms. The van der Waals surface area contributed by atoms with E-state index in [2.05, 4.69) is 25.8 Å². The summed E-state index contributed by atoms with van der Waals surface area (Å²) >= 11 is 3.17. The summed E-state index contributed by atoms with van der Waals surface area (Å²) in [6, 6.07) is 1.71. The first-order chi connectivity index (χ1) is 7.56. The smallest absolute Gasteiger partial charge is 0.155 e. The van der Waals surface area contributed by atoms with Gasteiger partial charge in [-0.15, -0.1) is 0 Å². The first-order valence-corrected chi connectivity index (χ1v) is 6.07. The van der Waals surface area contributed by atoms with Gasteiger partial charge in [0.25, 0.3) is 0 Å². The van der Waals surface area contributed by atoms with Gasteiger partial charge in [-0.1, -0.05) is 0 Å². The Morgan fingerprint density at radius 1 is 1.44 bits per heavy atom. The highest BCUT2D eigenvalue weighted by atomic mass is 79.9. The lowest BCUT2D eigenvalue weighted by molar-refractivity contribution is -0.00546. The van der Waals surface area contributed by atoms with Crippen LogP contribution in [0.3, 0.4) is 0 Å². The largest absolute Gasteiger partial charge is 0.372 e. The molecule has 0 unspecified atom stereocenters. The van der Waals surface area contributed by atoms with Gasteiger partial charge in [-0.05, 0) is 35.8 Å². The van der Waals surface area contributed by atoms with Gasteiger partial charge >= 0.3 is 0 Å². The van der Waals surface area contributed by atoms with E-state index >= 15 is 0 Å². The average molecular weight is 289 g/mol. The van der Waals surface area contributed by atoms with Gasteiger partial charge in [0.2, 0.25) is 0 Å². The zero-order chi connectivity index (χ0) is 11.7. The van der Waals surface area contributed by atoms with E-state index in [9.17, 15) is 4.39 Å². The van der Waals surface area contributed by atoms with Crippen molar-refractivity contribution < 1.29 is 9.13 Å². The van der Waals surface area contributed by atoms with E-state index in [0.29, 0.717) is 4.47 Å². The number of hydrogen-bond acceptors (Lipinski definition) is 3. The fourth-order valence-electron chi connectivity index (χ4n) is 1.94. The summed E-state index contributed by atoms with van der Waals surface area (Å²) in [7, 11) is 0. The minimum Gasteiger partial charge on any atom is -0.372 e. The van der Waals surface area contributed by atoms with E-state index in [4.69, 9.17) is 4.74 Å². The van der Waals surface area contributed by atoms with Crippen molar-refractivity contribution in [3.05, 3.63) is 22.6 Å². The number of nitrogens with zero attached hydrogens (tertiary/aromatic N) is 2. The lowest BCUT2D eigenvalue weighted by atomic mass is 10.2. The predicted molar refractivity (Wildman–Crippen MR) is 64.1 cm³/mol. The second-order valence-electron chi connectivity index (χ2n) is 4.12. The Balaban J connectivity index is 2.19. The van der Waals surface area contributed by atoms with Gasteiger partial charge in [0.1, 0.15) is 5.82 Å². The summed E-state index contributed by atoms with van der Waals surface area (Å²) in [5, 5.41) is 0. The fourth-order valence-corrected chi connectivity index (χ4v) is 2.25. The minimum absolute atomic E-state index is 0.175. The zero-order valence-electron chi connectivity index (χ0n) is 9.28. The molecule has 0 bridgehead atoms. The molecule has 0 N–H and O–H groups in total. The number of aromatic nitrogens is 1. The number of rotatable bonds is 1. The molecule has 2 atom stereocenters. The van der Waals surface area contributed by atoms with Crippen molar-refractivity contribution in [3.63, 3.8) is 0 Å². The average Bonchev–Trinajstić information content (AvgIpc) is 2.20. The van der Waals surface area contributed by atoms with E-state index in [1.165, 1.54) is 6.20 Å². The maximum Gasteiger partial charge on any atom is 0.155 e. The Bertz CT molecular complexity index is 378. The number of morpholine rings is 1. The Morgan fingerprint density at radius 3 is 2.62 bits per heavy atom. The molecule has 1 fully saturated rings. The molecule has 0 radical (unpaired) electrons. The van der Waals surface area contributed by atoms with Crippen LogP contribution < -0.4 is 4.90 Å². The molecule has 2 rings (SSSR count). The molecule has 0 amide bonds. The molecule has 1 aromatic rings. The normalized spacial score (nSPS) is 25.9. The van der Waals surface area contributed by atoms with Crippen LogP contribution in [0, 0.1) is 5.82 Å². The van der Waals surface area contributed by atoms with Gasteiger partial charge < -0.3 is 9.64 Å². The first-order valence-electron chi connectivity index (χ1n) is 5.27. The van der Waals surface area contributed by atoms with Crippen LogP contribution >= 0.6 is 15.9 Å². The molecule has 1 aliphatic heterocycles. The number of halogens is 2. The SMILES string of the molecule is C[C@@H]1CN(c2cc(Br)c(F)cn2)C[C@H](C)O1. The van der Waals surface area contributed by atoms with Crippen molar-refractivity contribution in [3.8, 4) is 0 Å². The van der Waals surface area contributed by atoms with Gasteiger partial charge in [-0.3, -0.25) is 0 Å². The summed E-state index contributed by atoms with van der Waals surface area (Å²) in [6.07, 6.45) is 1.59. The summed E-state index contributed by atoms with van der Waals surface area (Å²) in [4.78, 5) is 6.21. The van der Waals surface area contributed by atoms with E-state index in [-0.39, 0.29) is 18.0 Å². The van der Waals surface area contributed by atoms with Crippen LogP contribution in [0.2, 0.25) is 0 Å². The van der Waals surface area contributed by atoms with Crippen molar-refractivity contribution in [1.29, 1.82) is 0 Å². The third-order valence-corrected chi connectivity index (χ3v) is 3.15. The van der Waals surface area contributed by atoms with E-state index in [1.807, 2.05) is 13.8 Å². The molecule has 2 heterocycles. The van der Waals surface area contributed by atoms with Crippen molar-refractivity contribution in [2.24, 2.45) is 0 Å². The maximum atomic E-state index is 13.1. The Hall–Kier alpha value is -0.680. The Labute approximate surface area is 103 Å². The third kappa shape index (κ3) is 2.52. The molecule has 0 saturated carbocycles. The molecule has 3 nitrogen and oxygen atoms in total. The standard InChI is InChI=1S/C11H14BrFN2O/c1-7-5-15(6-8(2)16-7)11-3-9(12)10(13)4-14-11/h3-4,7-8H,5-6H2,1-2H3/t7-,8+. The topological polar surface area (TPSA) is 25.4 Å². The number of anilines is 1. The van der Waals surface area contributed by atoms with E-state index < -0.39 is 0 Å². The van der Waals surface area contributed by atoms with Gasteiger partial charge in [0.15, 0.2) is 5.82 Å². The molecule has 1 aromatic heterocycles. The van der Waals surface area contributed by atoms with Crippen LogP contribution in [0.4, 0.5) is 10.2 Å². The Kier molecular flexibility index (Phi) is 3.44. The molecule has 1 aliphatic rings. The molecular formula is C11H14BrFN2O. The molecular weight excluding hydrogens is 275 g/mol. The second kappa shape index (κ2) is 4.67. The third-order valence-electron chi connectivity index (χ3n) is 2.54. The number of pyridine rings is 1. The monoisotopic (exact) mass is 288 g/mol. The van der Waals surface area contributed by atoms with Crippen LogP contribution in [0.25, 0.3) is 0 Å². The number of hydrogen-bond donors (Lipinski definition) is 0. The van der Waals surface area contributed by atoms with Gasteiger partial charge in [0.05, 0.1) is 22.9 Å². The summed E-state index contributed by atoms with van der Waals surface area (Å²) in [5.41, 5.74) is 0. The van der Waals surface area contributed by atoms with Crippen LogP contribution in [-0.4, -0.2) is 30.3 Å². The van der Waals surface area contributed by atoms with E-state index in [1.54, 1.807) is 6.07 Å². The molecule has 0 aliphatic carbocycles. The molecule has 88 valence electrons. The Morgan fingerprint density at radius 2 is 2.06 bits per heavy atom. The maximum absolute atomic E-state index is 13.1. The van der Waals surface area contributed by atoms with Crippen molar-refractivity contribution in [2.75, 3.05) is 18.0 Å². The van der Waals surface area contributed by atoms with Gasteiger partial charge in [0, 0.05) is 13.1 Å². The molecule has 0 spiro atoms. The fraction of sp³-hybridized carbons (Fsp3) is 0.545. The van der Waals surface area contributed by atoms with Crippen molar-refractivity contribution >= 4 is 21.7 Å². The molecule has 0 aromatic carbocycles. The second-order valence-corrected chi connectivity index (χ2v) is 4.97. The summed E-state index contributed by atoms with van der Waals surface area (Å²) in [6.45, 7) is 5.63. The van der Waals surface area contributed by atoms with Crippen molar-refractivity contribution in [2.45, 2.75) is 26.1 Å². The summed E-state index contributed by atoms with van der Waals surface area (Å²) in [5.74, 6) is 0.452. The van der Waals surface area contributed by atoms with E-state index in [0.717, 1.165) is 18.9 Å². The van der Waals surface area contributed by atoms with Crippen LogP contribution in [-0.2, 0) is 4.74 Å². The highest BCUT2D eigenvalue weighted by Crippen LogP contribution is 2.23. The van der Waals surface area contributed by atoms with Crippen LogP contribution in [0.5, 0.6) is 0 Å². The minimum atomic E-state index is -0.335.